The molecule has 4 nitrogen and oxygen atoms in total. The van der Waals surface area contributed by atoms with Gasteiger partial charge in [0.25, 0.3) is 0 Å². The molecule has 5 heteroatoms. The Balaban J connectivity index is 3.41. The predicted octanol–water partition coefficient (Wildman–Crippen LogP) is 1.05. The first-order chi connectivity index (χ1) is 8.20. The Kier molecular flexibility index (Phi) is 4.53. The smallest absolute Gasteiger partial charge is 0.181 e. The van der Waals surface area contributed by atoms with Crippen LogP contribution < -0.4 is 0 Å². The van der Waals surface area contributed by atoms with Crippen LogP contribution in [0.2, 0.25) is 0 Å². The van der Waals surface area contributed by atoms with Crippen molar-refractivity contribution in [2.24, 2.45) is 0 Å². The van der Waals surface area contributed by atoms with Crippen molar-refractivity contribution in [3.05, 3.63) is 28.3 Å². The molecule has 0 aromatic heterocycles. The Bertz CT molecular complexity index is 520. The van der Waals surface area contributed by atoms with E-state index in [2.05, 4.69) is 0 Å². The molecule has 0 bridgehead atoms. The van der Waals surface area contributed by atoms with Crippen LogP contribution in [0.15, 0.2) is 11.0 Å². The average Bonchev–Trinajstić information content (AvgIpc) is 2.25. The summed E-state index contributed by atoms with van der Waals surface area (Å²) >= 11 is 0. The standard InChI is InChI=1S/C13H20O4S/c1-8-5-9(2)11(4)13(10(8)3)18(16,17)7-12(15)6-14/h5,12,14-15H,6-7H2,1-4H3. The largest absolute Gasteiger partial charge is 0.394 e. The highest BCUT2D eigenvalue weighted by Crippen LogP contribution is 2.27. The van der Waals surface area contributed by atoms with Crippen LogP contribution in [0.1, 0.15) is 22.3 Å². The Hall–Kier alpha value is -0.910. The molecular formula is C13H20O4S. The summed E-state index contributed by atoms with van der Waals surface area (Å²) < 4.78 is 24.6. The van der Waals surface area contributed by atoms with Gasteiger partial charge in [0.05, 0.1) is 23.4 Å². The fourth-order valence-electron chi connectivity index (χ4n) is 2.04. The zero-order chi connectivity index (χ0) is 14.1. The molecule has 0 aliphatic carbocycles. The number of aliphatic hydroxyl groups is 2. The molecule has 1 rings (SSSR count). The Morgan fingerprint density at radius 2 is 1.56 bits per heavy atom. The van der Waals surface area contributed by atoms with Crippen molar-refractivity contribution < 1.29 is 18.6 Å². The third-order valence-electron chi connectivity index (χ3n) is 3.23. The lowest BCUT2D eigenvalue weighted by Gasteiger charge is -2.16. The van der Waals surface area contributed by atoms with Gasteiger partial charge < -0.3 is 10.2 Å². The second-order valence-electron chi connectivity index (χ2n) is 4.71. The van der Waals surface area contributed by atoms with E-state index in [4.69, 9.17) is 5.11 Å². The molecule has 0 spiro atoms. The lowest BCUT2D eigenvalue weighted by molar-refractivity contribution is 0.112. The van der Waals surface area contributed by atoms with Crippen molar-refractivity contribution in [1.29, 1.82) is 0 Å². The van der Waals surface area contributed by atoms with Crippen molar-refractivity contribution in [2.75, 3.05) is 12.4 Å². The van der Waals surface area contributed by atoms with Crippen LogP contribution in [-0.2, 0) is 9.84 Å². The summed E-state index contributed by atoms with van der Waals surface area (Å²) in [5.74, 6) is -0.450. The second kappa shape index (κ2) is 5.38. The molecule has 1 aromatic carbocycles. The summed E-state index contributed by atoms with van der Waals surface area (Å²) in [7, 11) is -3.59. The maximum Gasteiger partial charge on any atom is 0.181 e. The minimum absolute atomic E-state index is 0.285. The van der Waals surface area contributed by atoms with E-state index in [9.17, 15) is 13.5 Å². The molecule has 0 aliphatic heterocycles. The zero-order valence-corrected chi connectivity index (χ0v) is 12.0. The van der Waals surface area contributed by atoms with Crippen molar-refractivity contribution in [1.82, 2.24) is 0 Å². The molecule has 2 N–H and O–H groups in total. The molecule has 0 aliphatic rings. The van der Waals surface area contributed by atoms with Gasteiger partial charge in [-0.05, 0) is 49.9 Å². The van der Waals surface area contributed by atoms with Gasteiger partial charge in [0.15, 0.2) is 9.84 Å². The number of hydrogen-bond acceptors (Lipinski definition) is 4. The molecular weight excluding hydrogens is 252 g/mol. The minimum Gasteiger partial charge on any atom is -0.394 e. The molecule has 0 saturated carbocycles. The Labute approximate surface area is 108 Å². The first-order valence-corrected chi connectivity index (χ1v) is 7.45. The molecule has 18 heavy (non-hydrogen) atoms. The van der Waals surface area contributed by atoms with Gasteiger partial charge in [-0.25, -0.2) is 8.42 Å². The number of aliphatic hydroxyl groups excluding tert-OH is 2. The third kappa shape index (κ3) is 2.91. The normalized spacial score (nSPS) is 13.7. The maximum absolute atomic E-state index is 12.3. The summed E-state index contributed by atoms with van der Waals surface area (Å²) in [4.78, 5) is 0.285. The molecule has 1 aromatic rings. The van der Waals surface area contributed by atoms with E-state index in [0.717, 1.165) is 11.1 Å². The highest BCUT2D eigenvalue weighted by atomic mass is 32.2. The number of benzene rings is 1. The van der Waals surface area contributed by atoms with Gasteiger partial charge in [0.2, 0.25) is 0 Å². The summed E-state index contributed by atoms with van der Waals surface area (Å²) in [5, 5.41) is 18.1. The van der Waals surface area contributed by atoms with Crippen LogP contribution in [-0.4, -0.2) is 37.1 Å². The first kappa shape index (κ1) is 15.1. The molecule has 1 unspecified atom stereocenters. The van der Waals surface area contributed by atoms with E-state index in [1.54, 1.807) is 13.8 Å². The molecule has 0 fully saturated rings. The number of sulfone groups is 1. The lowest BCUT2D eigenvalue weighted by Crippen LogP contribution is -2.25. The molecule has 0 amide bonds. The van der Waals surface area contributed by atoms with Crippen molar-refractivity contribution >= 4 is 9.84 Å². The summed E-state index contributed by atoms with van der Waals surface area (Å²) in [5.41, 5.74) is 3.25. The summed E-state index contributed by atoms with van der Waals surface area (Å²) in [6, 6.07) is 1.95. The molecule has 0 radical (unpaired) electrons. The highest BCUT2D eigenvalue weighted by Gasteiger charge is 2.24. The van der Waals surface area contributed by atoms with Gasteiger partial charge in [0.1, 0.15) is 0 Å². The van der Waals surface area contributed by atoms with E-state index in [0.29, 0.717) is 11.1 Å². The van der Waals surface area contributed by atoms with E-state index in [1.165, 1.54) is 0 Å². The predicted molar refractivity (Wildman–Crippen MR) is 70.5 cm³/mol. The van der Waals surface area contributed by atoms with Gasteiger partial charge in [-0.15, -0.1) is 0 Å². The summed E-state index contributed by atoms with van der Waals surface area (Å²) in [6.45, 7) is 6.70. The number of rotatable bonds is 4. The SMILES string of the molecule is Cc1cc(C)c(C)c(S(=O)(=O)CC(O)CO)c1C. The fourth-order valence-corrected chi connectivity index (χ4v) is 4.07. The van der Waals surface area contributed by atoms with E-state index < -0.39 is 28.3 Å². The van der Waals surface area contributed by atoms with Crippen LogP contribution >= 0.6 is 0 Å². The second-order valence-corrected chi connectivity index (χ2v) is 6.68. The fraction of sp³-hybridized carbons (Fsp3) is 0.538. The van der Waals surface area contributed by atoms with Crippen molar-refractivity contribution in [3.63, 3.8) is 0 Å². The Morgan fingerprint density at radius 1 is 1.11 bits per heavy atom. The van der Waals surface area contributed by atoms with Crippen LogP contribution in [0.3, 0.4) is 0 Å². The monoisotopic (exact) mass is 272 g/mol. The number of hydrogen-bond donors (Lipinski definition) is 2. The quantitative estimate of drug-likeness (QED) is 0.859. The molecule has 0 heterocycles. The van der Waals surface area contributed by atoms with E-state index in [1.807, 2.05) is 19.9 Å². The molecule has 102 valence electrons. The first-order valence-electron chi connectivity index (χ1n) is 5.79. The minimum atomic E-state index is -3.59. The van der Waals surface area contributed by atoms with Gasteiger partial charge in [-0.3, -0.25) is 0 Å². The van der Waals surface area contributed by atoms with Gasteiger partial charge in [-0.1, -0.05) is 6.07 Å². The van der Waals surface area contributed by atoms with Gasteiger partial charge in [-0.2, -0.15) is 0 Å². The topological polar surface area (TPSA) is 74.6 Å². The third-order valence-corrected chi connectivity index (χ3v) is 5.29. The molecule has 0 saturated heterocycles. The van der Waals surface area contributed by atoms with Crippen molar-refractivity contribution in [2.45, 2.75) is 38.7 Å². The lowest BCUT2D eigenvalue weighted by atomic mass is 10.0. The highest BCUT2D eigenvalue weighted by molar-refractivity contribution is 7.91. The van der Waals surface area contributed by atoms with Gasteiger partial charge in [0, 0.05) is 0 Å². The van der Waals surface area contributed by atoms with Gasteiger partial charge >= 0.3 is 0 Å². The van der Waals surface area contributed by atoms with E-state index >= 15 is 0 Å². The Morgan fingerprint density at radius 3 is 1.94 bits per heavy atom. The average molecular weight is 272 g/mol. The van der Waals surface area contributed by atoms with Crippen LogP contribution in [0.5, 0.6) is 0 Å². The van der Waals surface area contributed by atoms with Crippen LogP contribution in [0, 0.1) is 27.7 Å². The summed E-state index contributed by atoms with van der Waals surface area (Å²) in [6.07, 6.45) is -1.24. The van der Waals surface area contributed by atoms with Crippen LogP contribution in [0.4, 0.5) is 0 Å². The van der Waals surface area contributed by atoms with E-state index in [-0.39, 0.29) is 4.90 Å². The van der Waals surface area contributed by atoms with Crippen LogP contribution in [0.25, 0.3) is 0 Å². The zero-order valence-electron chi connectivity index (χ0n) is 11.2. The van der Waals surface area contributed by atoms with Crippen molar-refractivity contribution in [3.8, 4) is 0 Å². The number of aryl methyl sites for hydroxylation is 2. The maximum atomic E-state index is 12.3. The molecule has 1 atom stereocenters.